The summed E-state index contributed by atoms with van der Waals surface area (Å²) in [5, 5.41) is 12.2. The van der Waals surface area contributed by atoms with Gasteiger partial charge >= 0.3 is 0 Å². The van der Waals surface area contributed by atoms with Gasteiger partial charge in [-0.25, -0.2) is 8.78 Å². The van der Waals surface area contributed by atoms with Gasteiger partial charge in [0.25, 0.3) is 5.91 Å². The predicted octanol–water partition coefficient (Wildman–Crippen LogP) is 2.43. The van der Waals surface area contributed by atoms with E-state index in [4.69, 9.17) is 0 Å². The third-order valence-electron chi connectivity index (χ3n) is 2.84. The van der Waals surface area contributed by atoms with Crippen LogP contribution in [0, 0.1) is 11.6 Å². The van der Waals surface area contributed by atoms with Crippen molar-refractivity contribution in [3.63, 3.8) is 0 Å². The maximum atomic E-state index is 13.4. The van der Waals surface area contributed by atoms with E-state index in [0.29, 0.717) is 5.56 Å². The molecule has 0 saturated carbocycles. The Morgan fingerprint density at radius 1 is 1.10 bits per heavy atom. The Labute approximate surface area is 114 Å². The Hall–Kier alpha value is -2.27. The van der Waals surface area contributed by atoms with Crippen LogP contribution in [-0.2, 0) is 0 Å². The van der Waals surface area contributed by atoms with Crippen molar-refractivity contribution in [1.29, 1.82) is 0 Å². The van der Waals surface area contributed by atoms with Gasteiger partial charge < -0.3 is 10.4 Å². The van der Waals surface area contributed by atoms with Crippen LogP contribution in [0.4, 0.5) is 8.78 Å². The maximum absolute atomic E-state index is 13.4. The minimum atomic E-state index is -1.20. The number of halogens is 2. The van der Waals surface area contributed by atoms with Crippen LogP contribution in [0.5, 0.6) is 0 Å². The van der Waals surface area contributed by atoms with E-state index in [-0.39, 0.29) is 12.1 Å². The molecule has 2 N–H and O–H groups in total. The number of aliphatic hydroxyl groups is 1. The minimum Gasteiger partial charge on any atom is -0.387 e. The van der Waals surface area contributed by atoms with Gasteiger partial charge in [0.15, 0.2) is 11.6 Å². The van der Waals surface area contributed by atoms with Crippen LogP contribution in [0.1, 0.15) is 22.0 Å². The summed E-state index contributed by atoms with van der Waals surface area (Å²) < 4.78 is 26.4. The fourth-order valence-electron chi connectivity index (χ4n) is 1.76. The summed E-state index contributed by atoms with van der Waals surface area (Å²) in [6.07, 6.45) is -0.906. The SMILES string of the molecule is O=C(NCC(O)c1ccccc1)c1cccc(F)c1F. The van der Waals surface area contributed by atoms with Crippen molar-refractivity contribution in [2.45, 2.75) is 6.10 Å². The van der Waals surface area contributed by atoms with Crippen molar-refractivity contribution in [2.75, 3.05) is 6.54 Å². The van der Waals surface area contributed by atoms with Crippen molar-refractivity contribution in [1.82, 2.24) is 5.32 Å². The Kier molecular flexibility index (Phi) is 4.42. The molecule has 0 heterocycles. The molecule has 0 aromatic heterocycles. The third kappa shape index (κ3) is 3.19. The number of carbonyl (C=O) groups is 1. The van der Waals surface area contributed by atoms with Crippen LogP contribution < -0.4 is 5.32 Å². The average molecular weight is 277 g/mol. The van der Waals surface area contributed by atoms with E-state index in [2.05, 4.69) is 5.32 Å². The molecule has 1 amide bonds. The number of carbonyl (C=O) groups excluding carboxylic acids is 1. The van der Waals surface area contributed by atoms with Crippen molar-refractivity contribution in [3.8, 4) is 0 Å². The first kappa shape index (κ1) is 14.1. The molecule has 0 aliphatic rings. The van der Waals surface area contributed by atoms with Gasteiger partial charge in [0.1, 0.15) is 0 Å². The number of rotatable bonds is 4. The zero-order valence-electron chi connectivity index (χ0n) is 10.5. The third-order valence-corrected chi connectivity index (χ3v) is 2.84. The molecule has 104 valence electrons. The number of hydrogen-bond donors (Lipinski definition) is 2. The molecular weight excluding hydrogens is 264 g/mol. The quantitative estimate of drug-likeness (QED) is 0.901. The molecule has 2 aromatic carbocycles. The number of benzene rings is 2. The zero-order chi connectivity index (χ0) is 14.5. The van der Waals surface area contributed by atoms with E-state index in [0.717, 1.165) is 6.07 Å². The lowest BCUT2D eigenvalue weighted by Gasteiger charge is -2.12. The molecule has 2 aromatic rings. The Balaban J connectivity index is 2.01. The molecule has 1 atom stereocenters. The number of nitrogens with one attached hydrogen (secondary N) is 1. The van der Waals surface area contributed by atoms with Crippen molar-refractivity contribution in [3.05, 3.63) is 71.3 Å². The van der Waals surface area contributed by atoms with Gasteiger partial charge in [0.05, 0.1) is 11.7 Å². The summed E-state index contributed by atoms with van der Waals surface area (Å²) >= 11 is 0. The van der Waals surface area contributed by atoms with Gasteiger partial charge in [-0.1, -0.05) is 36.4 Å². The summed E-state index contributed by atoms with van der Waals surface area (Å²) in [6, 6.07) is 12.1. The first-order chi connectivity index (χ1) is 9.59. The molecular formula is C15H13F2NO2. The molecule has 0 aliphatic heterocycles. The largest absolute Gasteiger partial charge is 0.387 e. The highest BCUT2D eigenvalue weighted by molar-refractivity contribution is 5.94. The molecule has 0 bridgehead atoms. The van der Waals surface area contributed by atoms with Crippen LogP contribution in [0.2, 0.25) is 0 Å². The molecule has 0 fully saturated rings. The lowest BCUT2D eigenvalue weighted by molar-refractivity contribution is 0.0911. The van der Waals surface area contributed by atoms with Crippen LogP contribution in [0.25, 0.3) is 0 Å². The van der Waals surface area contributed by atoms with Gasteiger partial charge in [0, 0.05) is 6.54 Å². The van der Waals surface area contributed by atoms with Crippen molar-refractivity contribution in [2.24, 2.45) is 0 Å². The van der Waals surface area contributed by atoms with Crippen LogP contribution in [0.3, 0.4) is 0 Å². The number of hydrogen-bond acceptors (Lipinski definition) is 2. The monoisotopic (exact) mass is 277 g/mol. The normalized spacial score (nSPS) is 11.9. The van der Waals surface area contributed by atoms with E-state index in [9.17, 15) is 18.7 Å². The Morgan fingerprint density at radius 2 is 1.80 bits per heavy atom. The fourth-order valence-corrected chi connectivity index (χ4v) is 1.76. The molecule has 0 radical (unpaired) electrons. The highest BCUT2D eigenvalue weighted by Crippen LogP contribution is 2.13. The van der Waals surface area contributed by atoms with E-state index in [1.54, 1.807) is 30.3 Å². The van der Waals surface area contributed by atoms with Crippen LogP contribution >= 0.6 is 0 Å². The van der Waals surface area contributed by atoms with Gasteiger partial charge in [0.2, 0.25) is 0 Å². The van der Waals surface area contributed by atoms with Crippen LogP contribution in [0.15, 0.2) is 48.5 Å². The highest BCUT2D eigenvalue weighted by Gasteiger charge is 2.16. The summed E-state index contributed by atoms with van der Waals surface area (Å²) in [7, 11) is 0. The standard InChI is InChI=1S/C15H13F2NO2/c16-12-8-4-7-11(14(12)17)15(20)18-9-13(19)10-5-2-1-3-6-10/h1-8,13,19H,9H2,(H,18,20). The van der Waals surface area contributed by atoms with E-state index >= 15 is 0 Å². The second kappa shape index (κ2) is 6.25. The number of amides is 1. The summed E-state index contributed by atoms with van der Waals surface area (Å²) in [5.74, 6) is -3.04. The maximum Gasteiger partial charge on any atom is 0.254 e. The molecule has 1 unspecified atom stereocenters. The lowest BCUT2D eigenvalue weighted by atomic mass is 10.1. The molecule has 0 aliphatic carbocycles. The van der Waals surface area contributed by atoms with Gasteiger partial charge in [-0.2, -0.15) is 0 Å². The molecule has 2 rings (SSSR count). The second-order valence-electron chi connectivity index (χ2n) is 4.24. The highest BCUT2D eigenvalue weighted by atomic mass is 19.2. The Bertz CT molecular complexity index is 602. The first-order valence-corrected chi connectivity index (χ1v) is 6.05. The molecule has 0 spiro atoms. The topological polar surface area (TPSA) is 49.3 Å². The Morgan fingerprint density at radius 3 is 2.50 bits per heavy atom. The van der Waals surface area contributed by atoms with Crippen molar-refractivity contribution < 1.29 is 18.7 Å². The summed E-state index contributed by atoms with van der Waals surface area (Å²) in [4.78, 5) is 11.7. The fraction of sp³-hybridized carbons (Fsp3) is 0.133. The lowest BCUT2D eigenvalue weighted by Crippen LogP contribution is -2.29. The smallest absolute Gasteiger partial charge is 0.254 e. The average Bonchev–Trinajstić information content (AvgIpc) is 2.48. The van der Waals surface area contributed by atoms with Crippen molar-refractivity contribution >= 4 is 5.91 Å². The van der Waals surface area contributed by atoms with Gasteiger partial charge in [-0.3, -0.25) is 4.79 Å². The van der Waals surface area contributed by atoms with Gasteiger partial charge in [-0.15, -0.1) is 0 Å². The predicted molar refractivity (Wildman–Crippen MR) is 70.1 cm³/mol. The molecule has 20 heavy (non-hydrogen) atoms. The molecule has 5 heteroatoms. The zero-order valence-corrected chi connectivity index (χ0v) is 10.5. The van der Waals surface area contributed by atoms with E-state index in [1.165, 1.54) is 12.1 Å². The summed E-state index contributed by atoms with van der Waals surface area (Å²) in [6.45, 7) is -0.0845. The van der Waals surface area contributed by atoms with E-state index in [1.807, 2.05) is 0 Å². The van der Waals surface area contributed by atoms with Gasteiger partial charge in [-0.05, 0) is 17.7 Å². The summed E-state index contributed by atoms with van der Waals surface area (Å²) in [5.41, 5.74) is 0.248. The first-order valence-electron chi connectivity index (χ1n) is 6.05. The van der Waals surface area contributed by atoms with Crippen LogP contribution in [-0.4, -0.2) is 17.6 Å². The van der Waals surface area contributed by atoms with E-state index < -0.39 is 23.6 Å². The molecule has 0 saturated heterocycles. The minimum absolute atomic E-state index is 0.0845. The second-order valence-corrected chi connectivity index (χ2v) is 4.24. The number of aliphatic hydroxyl groups excluding tert-OH is 1. The molecule has 3 nitrogen and oxygen atoms in total.